The van der Waals surface area contributed by atoms with E-state index in [9.17, 15) is 0 Å². The molecular weight excluding hydrogens is 272 g/mol. The summed E-state index contributed by atoms with van der Waals surface area (Å²) >= 11 is 6.28. The lowest BCUT2D eigenvalue weighted by molar-refractivity contribution is 0.0965. The van der Waals surface area contributed by atoms with E-state index in [2.05, 4.69) is 31.1 Å². The smallest absolute Gasteiger partial charge is 0.232 e. The molecule has 3 nitrogen and oxygen atoms in total. The maximum absolute atomic E-state index is 6.28. The average molecular weight is 297 g/mol. The second-order valence-electron chi connectivity index (χ2n) is 5.92. The predicted molar refractivity (Wildman–Crippen MR) is 83.2 cm³/mol. The van der Waals surface area contributed by atoms with Gasteiger partial charge in [-0.15, -0.1) is 0 Å². The molecule has 1 aromatic heterocycles. The van der Waals surface area contributed by atoms with Crippen LogP contribution in [0.5, 0.6) is 5.88 Å². The summed E-state index contributed by atoms with van der Waals surface area (Å²) in [7, 11) is 0. The Kier molecular flexibility index (Phi) is 5.67. The first-order chi connectivity index (χ1) is 9.60. The third-order valence-corrected chi connectivity index (χ3v) is 4.54. The molecule has 1 aromatic rings. The normalized spacial score (nSPS) is 26.5. The molecule has 1 heterocycles. The largest absolute Gasteiger partial charge is 0.473 e. The van der Waals surface area contributed by atoms with E-state index in [1.807, 2.05) is 12.3 Å². The van der Waals surface area contributed by atoms with E-state index in [-0.39, 0.29) is 6.10 Å². The summed E-state index contributed by atoms with van der Waals surface area (Å²) in [6.07, 6.45) is 5.52. The van der Waals surface area contributed by atoms with Crippen molar-refractivity contribution in [3.63, 3.8) is 0 Å². The molecule has 0 amide bonds. The first-order valence-electron chi connectivity index (χ1n) is 7.62. The van der Waals surface area contributed by atoms with E-state index in [1.165, 1.54) is 6.42 Å². The molecule has 0 saturated heterocycles. The van der Waals surface area contributed by atoms with Crippen molar-refractivity contribution >= 4 is 11.6 Å². The monoisotopic (exact) mass is 296 g/mol. The van der Waals surface area contributed by atoms with Crippen LogP contribution in [0.4, 0.5) is 0 Å². The molecule has 0 radical (unpaired) electrons. The number of nitrogens with zero attached hydrogens (tertiary/aromatic N) is 1. The van der Waals surface area contributed by atoms with Crippen molar-refractivity contribution in [2.24, 2.45) is 11.8 Å². The van der Waals surface area contributed by atoms with Gasteiger partial charge in [0.15, 0.2) is 0 Å². The minimum absolute atomic E-state index is 0.255. The van der Waals surface area contributed by atoms with Gasteiger partial charge in [0.2, 0.25) is 5.88 Å². The van der Waals surface area contributed by atoms with Gasteiger partial charge in [0, 0.05) is 12.7 Å². The zero-order valence-corrected chi connectivity index (χ0v) is 13.4. The van der Waals surface area contributed by atoms with Gasteiger partial charge in [0.1, 0.15) is 11.1 Å². The number of hydrogen-bond acceptors (Lipinski definition) is 3. The van der Waals surface area contributed by atoms with Crippen LogP contribution in [0.25, 0.3) is 0 Å². The van der Waals surface area contributed by atoms with Gasteiger partial charge in [0.05, 0.1) is 0 Å². The van der Waals surface area contributed by atoms with Gasteiger partial charge in [-0.25, -0.2) is 4.98 Å². The van der Waals surface area contributed by atoms with E-state index in [1.54, 1.807) is 0 Å². The SMILES string of the molecule is CCNCc1cnc(OC2CCC(C)C(C)C2)c(Cl)c1. The summed E-state index contributed by atoms with van der Waals surface area (Å²) in [5, 5.41) is 3.88. The average Bonchev–Trinajstić information content (AvgIpc) is 2.43. The maximum Gasteiger partial charge on any atom is 0.232 e. The third-order valence-electron chi connectivity index (χ3n) is 4.27. The number of hydrogen-bond donors (Lipinski definition) is 1. The molecule has 1 fully saturated rings. The molecule has 20 heavy (non-hydrogen) atoms. The molecule has 0 aromatic carbocycles. The quantitative estimate of drug-likeness (QED) is 0.890. The molecule has 0 bridgehead atoms. The van der Waals surface area contributed by atoms with E-state index in [0.717, 1.165) is 37.4 Å². The van der Waals surface area contributed by atoms with Crippen molar-refractivity contribution in [1.29, 1.82) is 0 Å². The molecule has 1 aliphatic rings. The Balaban J connectivity index is 1.96. The number of pyridine rings is 1. The molecule has 4 heteroatoms. The zero-order chi connectivity index (χ0) is 14.5. The van der Waals surface area contributed by atoms with Crippen LogP contribution < -0.4 is 10.1 Å². The highest BCUT2D eigenvalue weighted by Crippen LogP contribution is 2.33. The Bertz CT molecular complexity index is 438. The molecule has 3 atom stereocenters. The minimum atomic E-state index is 0.255. The summed E-state index contributed by atoms with van der Waals surface area (Å²) in [5.74, 6) is 2.08. The standard InChI is InChI=1S/C16H25ClN2O/c1-4-18-9-13-8-15(17)16(19-10-13)20-14-6-5-11(2)12(3)7-14/h8,10-12,14,18H,4-7,9H2,1-3H3. The van der Waals surface area contributed by atoms with Crippen LogP contribution in [0.2, 0.25) is 5.02 Å². The highest BCUT2D eigenvalue weighted by atomic mass is 35.5. The Morgan fingerprint density at radius 3 is 2.80 bits per heavy atom. The lowest BCUT2D eigenvalue weighted by Crippen LogP contribution is -2.29. The van der Waals surface area contributed by atoms with E-state index < -0.39 is 0 Å². The first kappa shape index (κ1) is 15.6. The number of rotatable bonds is 5. The topological polar surface area (TPSA) is 34.2 Å². The highest BCUT2D eigenvalue weighted by molar-refractivity contribution is 6.31. The fourth-order valence-corrected chi connectivity index (χ4v) is 2.91. The molecular formula is C16H25ClN2O. The van der Waals surface area contributed by atoms with Crippen LogP contribution in [-0.2, 0) is 6.54 Å². The molecule has 3 unspecified atom stereocenters. The molecule has 1 aliphatic carbocycles. The van der Waals surface area contributed by atoms with Crippen molar-refractivity contribution in [3.8, 4) is 5.88 Å². The number of aromatic nitrogens is 1. The van der Waals surface area contributed by atoms with E-state index in [0.29, 0.717) is 16.8 Å². The van der Waals surface area contributed by atoms with Crippen molar-refractivity contribution in [1.82, 2.24) is 10.3 Å². The van der Waals surface area contributed by atoms with Gasteiger partial charge in [-0.2, -0.15) is 0 Å². The number of halogens is 1. The third kappa shape index (κ3) is 4.10. The lowest BCUT2D eigenvalue weighted by atomic mass is 9.80. The summed E-state index contributed by atoms with van der Waals surface area (Å²) in [6, 6.07) is 1.95. The second kappa shape index (κ2) is 7.28. The maximum atomic E-state index is 6.28. The summed E-state index contributed by atoms with van der Waals surface area (Å²) in [4.78, 5) is 4.38. The van der Waals surface area contributed by atoms with Gasteiger partial charge < -0.3 is 10.1 Å². The lowest BCUT2D eigenvalue weighted by Gasteiger charge is -2.32. The van der Waals surface area contributed by atoms with Crippen molar-refractivity contribution in [2.45, 2.75) is 52.7 Å². The molecule has 1 saturated carbocycles. The van der Waals surface area contributed by atoms with Crippen LogP contribution in [0.3, 0.4) is 0 Å². The van der Waals surface area contributed by atoms with E-state index >= 15 is 0 Å². The van der Waals surface area contributed by atoms with Crippen LogP contribution in [0.15, 0.2) is 12.3 Å². The summed E-state index contributed by atoms with van der Waals surface area (Å²) < 4.78 is 6.00. The zero-order valence-electron chi connectivity index (χ0n) is 12.7. The minimum Gasteiger partial charge on any atom is -0.473 e. The van der Waals surface area contributed by atoms with E-state index in [4.69, 9.17) is 16.3 Å². The second-order valence-corrected chi connectivity index (χ2v) is 6.33. The van der Waals surface area contributed by atoms with Crippen LogP contribution in [0, 0.1) is 11.8 Å². The highest BCUT2D eigenvalue weighted by Gasteiger charge is 2.26. The fraction of sp³-hybridized carbons (Fsp3) is 0.688. The van der Waals surface area contributed by atoms with Gasteiger partial charge in [-0.05, 0) is 49.3 Å². The molecule has 112 valence electrons. The van der Waals surface area contributed by atoms with Crippen LogP contribution in [0.1, 0.15) is 45.6 Å². The fourth-order valence-electron chi connectivity index (χ4n) is 2.68. The van der Waals surface area contributed by atoms with Crippen molar-refractivity contribution in [2.75, 3.05) is 6.54 Å². The molecule has 0 aliphatic heterocycles. The van der Waals surface area contributed by atoms with Gasteiger partial charge in [-0.1, -0.05) is 32.4 Å². The Labute approximate surface area is 127 Å². The van der Waals surface area contributed by atoms with Gasteiger partial charge in [0.25, 0.3) is 0 Å². The Hall–Kier alpha value is -0.800. The predicted octanol–water partition coefficient (Wildman–Crippen LogP) is 4.05. The Morgan fingerprint density at radius 1 is 1.35 bits per heavy atom. The van der Waals surface area contributed by atoms with Crippen LogP contribution in [-0.4, -0.2) is 17.6 Å². The first-order valence-corrected chi connectivity index (χ1v) is 7.99. The van der Waals surface area contributed by atoms with Crippen LogP contribution >= 0.6 is 11.6 Å². The molecule has 1 N–H and O–H groups in total. The van der Waals surface area contributed by atoms with Gasteiger partial charge in [-0.3, -0.25) is 0 Å². The summed E-state index contributed by atoms with van der Waals surface area (Å²) in [6.45, 7) is 8.43. The van der Waals surface area contributed by atoms with Gasteiger partial charge >= 0.3 is 0 Å². The molecule has 0 spiro atoms. The number of nitrogens with one attached hydrogen (secondary N) is 1. The Morgan fingerprint density at radius 2 is 2.15 bits per heavy atom. The van der Waals surface area contributed by atoms with Crippen molar-refractivity contribution in [3.05, 3.63) is 22.8 Å². The number of ether oxygens (including phenoxy) is 1. The summed E-state index contributed by atoms with van der Waals surface area (Å²) in [5.41, 5.74) is 1.09. The van der Waals surface area contributed by atoms with Crippen molar-refractivity contribution < 1.29 is 4.74 Å². The molecule has 2 rings (SSSR count).